The van der Waals surface area contributed by atoms with E-state index in [0.717, 1.165) is 17.7 Å². The van der Waals surface area contributed by atoms with Crippen molar-refractivity contribution >= 4 is 21.7 Å². The van der Waals surface area contributed by atoms with E-state index in [4.69, 9.17) is 20.9 Å². The first-order valence-electron chi connectivity index (χ1n) is 6.90. The molecule has 0 atom stereocenters. The maximum Gasteiger partial charge on any atom is 0.264 e. The lowest BCUT2D eigenvalue weighted by molar-refractivity contribution is 0.478. The highest BCUT2D eigenvalue weighted by molar-refractivity contribution is 7.85. The Balaban J connectivity index is 1.91. The van der Waals surface area contributed by atoms with Gasteiger partial charge in [0, 0.05) is 5.02 Å². The Bertz CT molecular complexity index is 711. The summed E-state index contributed by atoms with van der Waals surface area (Å²) >= 11 is 5.83. The van der Waals surface area contributed by atoms with Gasteiger partial charge in [0.2, 0.25) is 0 Å². The van der Waals surface area contributed by atoms with E-state index in [1.165, 1.54) is 0 Å². The fourth-order valence-electron chi connectivity index (χ4n) is 2.02. The van der Waals surface area contributed by atoms with Crippen molar-refractivity contribution in [1.29, 1.82) is 0 Å². The van der Waals surface area contributed by atoms with E-state index < -0.39 is 10.1 Å². The Morgan fingerprint density at radius 2 is 1.73 bits per heavy atom. The molecule has 2 aromatic carbocycles. The first-order chi connectivity index (χ1) is 10.4. The van der Waals surface area contributed by atoms with Crippen LogP contribution in [0, 0.1) is 0 Å². The summed E-state index contributed by atoms with van der Waals surface area (Å²) in [5.74, 6) is 1.22. The number of aryl methyl sites for hydroxylation is 1. The molecule has 0 aliphatic carbocycles. The van der Waals surface area contributed by atoms with E-state index in [1.807, 2.05) is 24.3 Å². The molecule has 0 aliphatic heterocycles. The SMILES string of the molecule is O=S(=O)(O)CCCCc1cccc(Oc2ccc(Cl)cc2)c1. The van der Waals surface area contributed by atoms with Crippen molar-refractivity contribution in [2.45, 2.75) is 19.3 Å². The Morgan fingerprint density at radius 1 is 1.00 bits per heavy atom. The maximum absolute atomic E-state index is 10.6. The average molecular weight is 341 g/mol. The number of ether oxygens (including phenoxy) is 1. The van der Waals surface area contributed by atoms with Crippen LogP contribution in [0.15, 0.2) is 48.5 Å². The summed E-state index contributed by atoms with van der Waals surface area (Å²) in [6, 6.07) is 14.7. The number of rotatable bonds is 7. The zero-order valence-electron chi connectivity index (χ0n) is 11.9. The van der Waals surface area contributed by atoms with E-state index in [2.05, 4.69) is 0 Å². The number of benzene rings is 2. The molecular weight excluding hydrogens is 324 g/mol. The van der Waals surface area contributed by atoms with Gasteiger partial charge in [-0.05, 0) is 61.2 Å². The van der Waals surface area contributed by atoms with Crippen LogP contribution in [0.4, 0.5) is 0 Å². The van der Waals surface area contributed by atoms with Crippen molar-refractivity contribution in [2.24, 2.45) is 0 Å². The van der Waals surface area contributed by atoms with Crippen LogP contribution in [-0.4, -0.2) is 18.7 Å². The van der Waals surface area contributed by atoms with Gasteiger partial charge in [0.15, 0.2) is 0 Å². The molecule has 0 aromatic heterocycles. The van der Waals surface area contributed by atoms with E-state index in [0.29, 0.717) is 23.6 Å². The average Bonchev–Trinajstić information content (AvgIpc) is 2.46. The molecule has 0 bridgehead atoms. The zero-order chi connectivity index (χ0) is 16.0. The standard InChI is InChI=1S/C16H17ClO4S/c17-14-7-9-15(10-8-14)21-16-6-3-5-13(12-16)4-1-2-11-22(18,19)20/h3,5-10,12H,1-2,4,11H2,(H,18,19,20). The fraction of sp³-hybridized carbons (Fsp3) is 0.250. The van der Waals surface area contributed by atoms with Gasteiger partial charge in [-0.1, -0.05) is 23.7 Å². The third kappa shape index (κ3) is 6.05. The summed E-state index contributed by atoms with van der Waals surface area (Å²) in [4.78, 5) is 0. The normalized spacial score (nSPS) is 11.4. The maximum atomic E-state index is 10.6. The lowest BCUT2D eigenvalue weighted by atomic mass is 10.1. The van der Waals surface area contributed by atoms with Crippen molar-refractivity contribution in [1.82, 2.24) is 0 Å². The number of unbranched alkanes of at least 4 members (excludes halogenated alkanes) is 1. The largest absolute Gasteiger partial charge is 0.457 e. The monoisotopic (exact) mass is 340 g/mol. The zero-order valence-corrected chi connectivity index (χ0v) is 13.5. The van der Waals surface area contributed by atoms with Crippen LogP contribution in [0.25, 0.3) is 0 Å². The third-order valence-electron chi connectivity index (χ3n) is 3.07. The molecule has 0 heterocycles. The molecule has 6 heteroatoms. The van der Waals surface area contributed by atoms with Gasteiger partial charge in [-0.25, -0.2) is 0 Å². The second-order valence-corrected chi connectivity index (χ2v) is 6.96. The molecule has 118 valence electrons. The van der Waals surface area contributed by atoms with Crippen LogP contribution in [0.2, 0.25) is 5.02 Å². The molecule has 2 aromatic rings. The van der Waals surface area contributed by atoms with Crippen molar-refractivity contribution in [3.63, 3.8) is 0 Å². The molecule has 1 N–H and O–H groups in total. The van der Waals surface area contributed by atoms with Gasteiger partial charge in [0.25, 0.3) is 10.1 Å². The van der Waals surface area contributed by atoms with E-state index in [-0.39, 0.29) is 5.75 Å². The van der Waals surface area contributed by atoms with Gasteiger partial charge >= 0.3 is 0 Å². The lowest BCUT2D eigenvalue weighted by Crippen LogP contribution is -2.03. The van der Waals surface area contributed by atoms with Crippen LogP contribution < -0.4 is 4.74 Å². The molecule has 0 spiro atoms. The smallest absolute Gasteiger partial charge is 0.264 e. The first kappa shape index (κ1) is 16.8. The molecule has 0 amide bonds. The number of hydrogen-bond acceptors (Lipinski definition) is 3. The highest BCUT2D eigenvalue weighted by Gasteiger charge is 2.04. The highest BCUT2D eigenvalue weighted by Crippen LogP contribution is 2.24. The van der Waals surface area contributed by atoms with Crippen LogP contribution in [0.5, 0.6) is 11.5 Å². The van der Waals surface area contributed by atoms with Crippen molar-refractivity contribution in [2.75, 3.05) is 5.75 Å². The summed E-state index contributed by atoms with van der Waals surface area (Å²) in [5, 5.41) is 0.653. The summed E-state index contributed by atoms with van der Waals surface area (Å²) in [7, 11) is -3.87. The summed E-state index contributed by atoms with van der Waals surface area (Å²) < 4.78 is 35.7. The van der Waals surface area contributed by atoms with Gasteiger partial charge in [-0.2, -0.15) is 8.42 Å². The van der Waals surface area contributed by atoms with Crippen molar-refractivity contribution in [3.05, 3.63) is 59.1 Å². The molecule has 0 saturated carbocycles. The fourth-order valence-corrected chi connectivity index (χ4v) is 2.71. The van der Waals surface area contributed by atoms with Crippen LogP contribution >= 0.6 is 11.6 Å². The third-order valence-corrected chi connectivity index (χ3v) is 4.12. The molecule has 0 saturated heterocycles. The Morgan fingerprint density at radius 3 is 2.41 bits per heavy atom. The van der Waals surface area contributed by atoms with Gasteiger partial charge in [-0.15, -0.1) is 0 Å². The Kier molecular flexibility index (Phi) is 5.83. The summed E-state index contributed by atoms with van der Waals surface area (Å²) in [5.41, 5.74) is 1.06. The lowest BCUT2D eigenvalue weighted by Gasteiger charge is -2.08. The van der Waals surface area contributed by atoms with Gasteiger partial charge in [-0.3, -0.25) is 4.55 Å². The Hall–Kier alpha value is -1.56. The predicted molar refractivity (Wildman–Crippen MR) is 87.3 cm³/mol. The van der Waals surface area contributed by atoms with Crippen molar-refractivity contribution in [3.8, 4) is 11.5 Å². The van der Waals surface area contributed by atoms with Crippen LogP contribution in [-0.2, 0) is 16.5 Å². The summed E-state index contributed by atoms with van der Waals surface area (Å²) in [6.45, 7) is 0. The molecule has 22 heavy (non-hydrogen) atoms. The number of hydrogen-bond donors (Lipinski definition) is 1. The molecule has 0 aliphatic rings. The first-order valence-corrected chi connectivity index (χ1v) is 8.89. The predicted octanol–water partition coefficient (Wildman–Crippen LogP) is 4.34. The quantitative estimate of drug-likeness (QED) is 0.601. The minimum absolute atomic E-state index is 0.200. The van der Waals surface area contributed by atoms with Gasteiger partial charge in [0.1, 0.15) is 11.5 Å². The topological polar surface area (TPSA) is 63.6 Å². The molecule has 4 nitrogen and oxygen atoms in total. The minimum atomic E-state index is -3.87. The van der Waals surface area contributed by atoms with E-state index in [1.54, 1.807) is 24.3 Å². The minimum Gasteiger partial charge on any atom is -0.457 e. The molecular formula is C16H17ClO4S. The van der Waals surface area contributed by atoms with Crippen LogP contribution in [0.1, 0.15) is 18.4 Å². The molecule has 2 rings (SSSR count). The van der Waals surface area contributed by atoms with E-state index >= 15 is 0 Å². The molecule has 0 fully saturated rings. The van der Waals surface area contributed by atoms with Crippen LogP contribution in [0.3, 0.4) is 0 Å². The van der Waals surface area contributed by atoms with E-state index in [9.17, 15) is 8.42 Å². The molecule has 0 radical (unpaired) electrons. The second-order valence-electron chi connectivity index (χ2n) is 4.95. The Labute approximate surface area is 135 Å². The number of halogens is 1. The van der Waals surface area contributed by atoms with Crippen molar-refractivity contribution < 1.29 is 17.7 Å². The highest BCUT2D eigenvalue weighted by atomic mass is 35.5. The van der Waals surface area contributed by atoms with Gasteiger partial charge in [0.05, 0.1) is 5.75 Å². The molecule has 0 unspecified atom stereocenters. The second kappa shape index (κ2) is 7.63. The summed E-state index contributed by atoms with van der Waals surface area (Å²) in [6.07, 6.45) is 1.85. The van der Waals surface area contributed by atoms with Gasteiger partial charge < -0.3 is 4.74 Å².